The van der Waals surface area contributed by atoms with Gasteiger partial charge >= 0.3 is 0 Å². The van der Waals surface area contributed by atoms with Gasteiger partial charge in [0, 0.05) is 23.0 Å². The summed E-state index contributed by atoms with van der Waals surface area (Å²) < 4.78 is 27.4. The van der Waals surface area contributed by atoms with Crippen LogP contribution < -0.4 is 10.0 Å². The van der Waals surface area contributed by atoms with Crippen molar-refractivity contribution in [1.82, 2.24) is 10.0 Å². The molecule has 2 N–H and O–H groups in total. The third-order valence-electron chi connectivity index (χ3n) is 2.83. The lowest BCUT2D eigenvalue weighted by molar-refractivity contribution is 0.583. The minimum Gasteiger partial charge on any atom is -0.312 e. The van der Waals surface area contributed by atoms with E-state index in [1.54, 1.807) is 30.3 Å². The molecule has 2 aromatic rings. The first-order valence-electron chi connectivity index (χ1n) is 6.55. The SMILES string of the molecule is CCNCc1ccc(S(=O)(=O)NCc2ccc(Cl)cc2)s1. The number of hydrogen-bond donors (Lipinski definition) is 2. The van der Waals surface area contributed by atoms with Crippen molar-refractivity contribution in [2.24, 2.45) is 0 Å². The fourth-order valence-electron chi connectivity index (χ4n) is 1.70. The van der Waals surface area contributed by atoms with E-state index < -0.39 is 10.0 Å². The normalized spacial score (nSPS) is 11.7. The summed E-state index contributed by atoms with van der Waals surface area (Å²) in [5.41, 5.74) is 0.868. The van der Waals surface area contributed by atoms with E-state index in [9.17, 15) is 8.42 Å². The topological polar surface area (TPSA) is 58.2 Å². The van der Waals surface area contributed by atoms with Gasteiger partial charge in [0.25, 0.3) is 0 Å². The Morgan fingerprint density at radius 3 is 2.48 bits per heavy atom. The van der Waals surface area contributed by atoms with Gasteiger partial charge < -0.3 is 5.32 Å². The predicted octanol–water partition coefficient (Wildman–Crippen LogP) is 2.99. The molecule has 0 aliphatic carbocycles. The molecule has 1 aromatic heterocycles. The van der Waals surface area contributed by atoms with Crippen molar-refractivity contribution >= 4 is 33.0 Å². The van der Waals surface area contributed by atoms with Crippen LogP contribution in [0.2, 0.25) is 5.02 Å². The van der Waals surface area contributed by atoms with Crippen LogP contribution in [0.1, 0.15) is 17.4 Å². The predicted molar refractivity (Wildman–Crippen MR) is 87.2 cm³/mol. The lowest BCUT2D eigenvalue weighted by Crippen LogP contribution is -2.22. The Morgan fingerprint density at radius 1 is 1.10 bits per heavy atom. The van der Waals surface area contributed by atoms with Crippen LogP contribution in [-0.2, 0) is 23.1 Å². The first kappa shape index (κ1) is 16.5. The molecule has 21 heavy (non-hydrogen) atoms. The van der Waals surface area contributed by atoms with E-state index in [1.807, 2.05) is 13.0 Å². The molecule has 0 aliphatic rings. The van der Waals surface area contributed by atoms with E-state index in [1.165, 1.54) is 11.3 Å². The second-order valence-electron chi connectivity index (χ2n) is 4.45. The molecule has 1 aromatic carbocycles. The maximum atomic E-state index is 12.2. The zero-order chi connectivity index (χ0) is 15.3. The summed E-state index contributed by atoms with van der Waals surface area (Å²) >= 11 is 7.08. The smallest absolute Gasteiger partial charge is 0.250 e. The minimum atomic E-state index is -3.47. The highest BCUT2D eigenvalue weighted by atomic mass is 35.5. The third-order valence-corrected chi connectivity index (χ3v) is 6.06. The van der Waals surface area contributed by atoms with Gasteiger partial charge in [-0.25, -0.2) is 13.1 Å². The van der Waals surface area contributed by atoms with Crippen molar-refractivity contribution in [3.8, 4) is 0 Å². The van der Waals surface area contributed by atoms with Crippen molar-refractivity contribution in [3.63, 3.8) is 0 Å². The molecule has 0 amide bonds. The van der Waals surface area contributed by atoms with Gasteiger partial charge in [-0.15, -0.1) is 11.3 Å². The van der Waals surface area contributed by atoms with Crippen molar-refractivity contribution in [1.29, 1.82) is 0 Å². The second-order valence-corrected chi connectivity index (χ2v) is 8.05. The van der Waals surface area contributed by atoms with Crippen LogP contribution in [0.25, 0.3) is 0 Å². The summed E-state index contributed by atoms with van der Waals surface area (Å²) in [6, 6.07) is 10.6. The van der Waals surface area contributed by atoms with Crippen LogP contribution >= 0.6 is 22.9 Å². The van der Waals surface area contributed by atoms with Crippen molar-refractivity contribution in [2.75, 3.05) is 6.54 Å². The summed E-state index contributed by atoms with van der Waals surface area (Å²) in [6.07, 6.45) is 0. The molecule has 0 unspecified atom stereocenters. The van der Waals surface area contributed by atoms with Crippen molar-refractivity contribution in [3.05, 3.63) is 51.9 Å². The monoisotopic (exact) mass is 344 g/mol. The average molecular weight is 345 g/mol. The molecular weight excluding hydrogens is 328 g/mol. The fraction of sp³-hybridized carbons (Fsp3) is 0.286. The highest BCUT2D eigenvalue weighted by Gasteiger charge is 2.16. The van der Waals surface area contributed by atoms with E-state index in [0.29, 0.717) is 15.8 Å². The maximum absolute atomic E-state index is 12.2. The molecular formula is C14H17ClN2O2S2. The highest BCUT2D eigenvalue weighted by Crippen LogP contribution is 2.21. The van der Waals surface area contributed by atoms with Crippen molar-refractivity contribution < 1.29 is 8.42 Å². The standard InChI is InChI=1S/C14H17ClN2O2S2/c1-2-16-10-13-7-8-14(20-13)21(18,19)17-9-11-3-5-12(15)6-4-11/h3-8,16-17H,2,9-10H2,1H3. The Bertz CT molecular complexity index is 681. The minimum absolute atomic E-state index is 0.250. The van der Waals surface area contributed by atoms with E-state index in [2.05, 4.69) is 10.0 Å². The molecule has 114 valence electrons. The number of hydrogen-bond acceptors (Lipinski definition) is 4. The Kier molecular flexibility index (Phi) is 5.78. The Labute approximate surface area is 134 Å². The number of nitrogens with one attached hydrogen (secondary N) is 2. The first-order valence-corrected chi connectivity index (χ1v) is 9.22. The second kappa shape index (κ2) is 7.38. The Balaban J connectivity index is 2.00. The van der Waals surface area contributed by atoms with Gasteiger partial charge in [0.1, 0.15) is 4.21 Å². The Morgan fingerprint density at radius 2 is 1.81 bits per heavy atom. The molecule has 2 rings (SSSR count). The molecule has 0 bridgehead atoms. The summed E-state index contributed by atoms with van der Waals surface area (Å²) in [5.74, 6) is 0. The highest BCUT2D eigenvalue weighted by molar-refractivity contribution is 7.91. The molecule has 4 nitrogen and oxygen atoms in total. The van der Waals surface area contributed by atoms with Gasteiger partial charge in [-0.3, -0.25) is 0 Å². The molecule has 7 heteroatoms. The van der Waals surface area contributed by atoms with Gasteiger partial charge in [0.05, 0.1) is 0 Å². The zero-order valence-electron chi connectivity index (χ0n) is 11.6. The number of thiophene rings is 1. The number of halogens is 1. The first-order chi connectivity index (χ1) is 10.0. The van der Waals surface area contributed by atoms with Gasteiger partial charge in [-0.05, 0) is 36.4 Å². The van der Waals surface area contributed by atoms with E-state index in [0.717, 1.165) is 17.0 Å². The summed E-state index contributed by atoms with van der Waals surface area (Å²) in [6.45, 7) is 3.81. The van der Waals surface area contributed by atoms with Crippen LogP contribution in [0.15, 0.2) is 40.6 Å². The molecule has 0 atom stereocenters. The molecule has 0 spiro atoms. The Hall–Kier alpha value is -0.920. The van der Waals surface area contributed by atoms with Crippen LogP contribution in [0.4, 0.5) is 0 Å². The fourth-order valence-corrected chi connectivity index (χ4v) is 4.21. The maximum Gasteiger partial charge on any atom is 0.250 e. The third kappa shape index (κ3) is 4.79. The summed E-state index contributed by atoms with van der Waals surface area (Å²) in [5, 5.41) is 3.81. The van der Waals surface area contributed by atoms with Gasteiger partial charge in [0.2, 0.25) is 10.0 Å². The van der Waals surface area contributed by atoms with Gasteiger partial charge in [0.15, 0.2) is 0 Å². The average Bonchev–Trinajstić information content (AvgIpc) is 2.94. The molecule has 0 radical (unpaired) electrons. The lowest BCUT2D eigenvalue weighted by atomic mass is 10.2. The molecule has 1 heterocycles. The van der Waals surface area contributed by atoms with Crippen molar-refractivity contribution in [2.45, 2.75) is 24.2 Å². The van der Waals surface area contributed by atoms with E-state index >= 15 is 0 Å². The van der Waals surface area contributed by atoms with Crippen LogP contribution in [0.5, 0.6) is 0 Å². The van der Waals surface area contributed by atoms with Crippen LogP contribution in [-0.4, -0.2) is 15.0 Å². The molecule has 0 saturated heterocycles. The largest absolute Gasteiger partial charge is 0.312 e. The van der Waals surface area contributed by atoms with Crippen LogP contribution in [0.3, 0.4) is 0 Å². The number of rotatable bonds is 7. The van der Waals surface area contributed by atoms with E-state index in [4.69, 9.17) is 11.6 Å². The number of sulfonamides is 1. The van der Waals surface area contributed by atoms with Gasteiger partial charge in [-0.1, -0.05) is 30.7 Å². The molecule has 0 aliphatic heterocycles. The summed E-state index contributed by atoms with van der Waals surface area (Å²) in [7, 11) is -3.47. The quantitative estimate of drug-likeness (QED) is 0.811. The van der Waals surface area contributed by atoms with Gasteiger partial charge in [-0.2, -0.15) is 0 Å². The molecule has 0 fully saturated rings. The summed E-state index contributed by atoms with van der Waals surface area (Å²) in [4.78, 5) is 1.00. The van der Waals surface area contributed by atoms with Crippen LogP contribution in [0, 0.1) is 0 Å². The lowest BCUT2D eigenvalue weighted by Gasteiger charge is -2.05. The number of benzene rings is 1. The van der Waals surface area contributed by atoms with E-state index in [-0.39, 0.29) is 6.54 Å². The zero-order valence-corrected chi connectivity index (χ0v) is 14.0. The molecule has 0 saturated carbocycles.